The number of carbonyl (C=O) groups is 1. The zero-order valence-corrected chi connectivity index (χ0v) is 19.4. The van der Waals surface area contributed by atoms with Gasteiger partial charge in [0.2, 0.25) is 0 Å². The summed E-state index contributed by atoms with van der Waals surface area (Å²) in [5, 5.41) is 2.84. The Balaban J connectivity index is 1.56. The molecule has 0 bridgehead atoms. The maximum absolute atomic E-state index is 13.7. The quantitative estimate of drug-likeness (QED) is 0.391. The van der Waals surface area contributed by atoms with Crippen LogP contribution in [-0.4, -0.2) is 25.9 Å². The minimum Gasteiger partial charge on any atom is -0.352 e. The van der Waals surface area contributed by atoms with E-state index in [9.17, 15) is 13.2 Å². The summed E-state index contributed by atoms with van der Waals surface area (Å²) in [5.74, 6) is -0.331. The molecule has 172 valence electrons. The van der Waals surface area contributed by atoms with E-state index < -0.39 is 10.0 Å². The van der Waals surface area contributed by atoms with Crippen LogP contribution in [0.1, 0.15) is 21.6 Å². The minimum absolute atomic E-state index is 0.0599. The van der Waals surface area contributed by atoms with Gasteiger partial charge in [-0.15, -0.1) is 0 Å². The van der Waals surface area contributed by atoms with Crippen molar-refractivity contribution in [3.63, 3.8) is 0 Å². The highest BCUT2D eigenvalue weighted by molar-refractivity contribution is 7.92. The molecule has 0 spiro atoms. The Labute approximate surface area is 200 Å². The van der Waals surface area contributed by atoms with Crippen LogP contribution >= 0.6 is 0 Å². The van der Waals surface area contributed by atoms with Crippen molar-refractivity contribution in [1.29, 1.82) is 0 Å². The lowest BCUT2D eigenvalue weighted by atomic mass is 10.2. The smallest absolute Gasteiger partial charge is 0.264 e. The normalized spacial score (nSPS) is 11.1. The van der Waals surface area contributed by atoms with Crippen molar-refractivity contribution >= 4 is 21.6 Å². The van der Waals surface area contributed by atoms with E-state index in [0.29, 0.717) is 18.7 Å². The van der Waals surface area contributed by atoms with E-state index in [1.165, 1.54) is 16.4 Å². The van der Waals surface area contributed by atoms with Gasteiger partial charge in [-0.3, -0.25) is 14.1 Å². The van der Waals surface area contributed by atoms with E-state index in [4.69, 9.17) is 0 Å². The predicted molar refractivity (Wildman–Crippen MR) is 133 cm³/mol. The molecule has 4 rings (SSSR count). The maximum atomic E-state index is 13.7. The first kappa shape index (κ1) is 23.2. The summed E-state index contributed by atoms with van der Waals surface area (Å²) in [4.78, 5) is 17.0. The Kier molecular flexibility index (Phi) is 7.34. The highest BCUT2D eigenvalue weighted by Gasteiger charge is 2.26. The fraction of sp³-hybridized carbons (Fsp3) is 0.111. The first-order chi connectivity index (χ1) is 16.5. The Morgan fingerprint density at radius 2 is 1.53 bits per heavy atom. The number of hydrogen-bond donors (Lipinski definition) is 1. The molecule has 0 saturated heterocycles. The van der Waals surface area contributed by atoms with Crippen LogP contribution in [0.2, 0.25) is 0 Å². The second-order valence-corrected chi connectivity index (χ2v) is 9.55. The Morgan fingerprint density at radius 3 is 2.24 bits per heavy atom. The van der Waals surface area contributed by atoms with Crippen molar-refractivity contribution in [2.45, 2.75) is 17.9 Å². The van der Waals surface area contributed by atoms with Gasteiger partial charge >= 0.3 is 0 Å². The number of nitrogens with zero attached hydrogens (tertiary/aromatic N) is 2. The van der Waals surface area contributed by atoms with E-state index in [1.54, 1.807) is 42.6 Å². The van der Waals surface area contributed by atoms with Gasteiger partial charge in [0.25, 0.3) is 15.9 Å². The molecule has 7 heteroatoms. The number of carbonyl (C=O) groups excluding carboxylic acids is 1. The van der Waals surface area contributed by atoms with Gasteiger partial charge in [-0.25, -0.2) is 8.42 Å². The van der Waals surface area contributed by atoms with E-state index in [2.05, 4.69) is 10.3 Å². The molecule has 34 heavy (non-hydrogen) atoms. The lowest BCUT2D eigenvalue weighted by molar-refractivity contribution is 0.0954. The second kappa shape index (κ2) is 10.8. The van der Waals surface area contributed by atoms with Crippen molar-refractivity contribution in [3.05, 3.63) is 126 Å². The SMILES string of the molecule is O=C(NCCc1ccccn1)c1cccc(S(=O)(=O)N(Cc2ccccc2)c2ccccc2)c1. The lowest BCUT2D eigenvalue weighted by Crippen LogP contribution is -2.31. The molecule has 0 saturated carbocycles. The van der Waals surface area contributed by atoms with Crippen LogP contribution in [0.15, 0.2) is 114 Å². The van der Waals surface area contributed by atoms with Gasteiger partial charge in [0, 0.05) is 30.4 Å². The molecular weight excluding hydrogens is 446 g/mol. The molecule has 1 aromatic heterocycles. The Bertz CT molecular complexity index is 1330. The number of nitrogens with one attached hydrogen (secondary N) is 1. The fourth-order valence-corrected chi connectivity index (χ4v) is 5.03. The second-order valence-electron chi connectivity index (χ2n) is 7.69. The van der Waals surface area contributed by atoms with Crippen molar-refractivity contribution in [2.75, 3.05) is 10.8 Å². The van der Waals surface area contributed by atoms with Gasteiger partial charge in [-0.2, -0.15) is 0 Å². The largest absolute Gasteiger partial charge is 0.352 e. The van der Waals surface area contributed by atoms with Crippen molar-refractivity contribution in [2.24, 2.45) is 0 Å². The zero-order valence-electron chi connectivity index (χ0n) is 18.5. The predicted octanol–water partition coefficient (Wildman–Crippen LogP) is 4.45. The highest BCUT2D eigenvalue weighted by atomic mass is 32.2. The van der Waals surface area contributed by atoms with Crippen molar-refractivity contribution in [1.82, 2.24) is 10.3 Å². The van der Waals surface area contributed by atoms with Gasteiger partial charge in [0.1, 0.15) is 0 Å². The van der Waals surface area contributed by atoms with E-state index in [0.717, 1.165) is 11.3 Å². The summed E-state index contributed by atoms with van der Waals surface area (Å²) in [7, 11) is -3.93. The van der Waals surface area contributed by atoms with Gasteiger partial charge in [-0.05, 0) is 48.0 Å². The monoisotopic (exact) mass is 471 g/mol. The summed E-state index contributed by atoms with van der Waals surface area (Å²) in [6.07, 6.45) is 2.29. The van der Waals surface area contributed by atoms with E-state index in [-0.39, 0.29) is 22.9 Å². The number of amides is 1. The third-order valence-electron chi connectivity index (χ3n) is 5.29. The number of hydrogen-bond acceptors (Lipinski definition) is 4. The molecule has 0 atom stereocenters. The number of anilines is 1. The summed E-state index contributed by atoms with van der Waals surface area (Å²) >= 11 is 0. The summed E-state index contributed by atoms with van der Waals surface area (Å²) in [6.45, 7) is 0.574. The Morgan fingerprint density at radius 1 is 0.824 bits per heavy atom. The fourth-order valence-electron chi connectivity index (χ4n) is 3.54. The number of aromatic nitrogens is 1. The zero-order chi connectivity index (χ0) is 23.8. The molecule has 0 aliphatic carbocycles. The average Bonchev–Trinajstić information content (AvgIpc) is 2.89. The average molecular weight is 472 g/mol. The van der Waals surface area contributed by atoms with Crippen molar-refractivity contribution in [3.8, 4) is 0 Å². The molecule has 6 nitrogen and oxygen atoms in total. The molecule has 0 unspecified atom stereocenters. The van der Waals surface area contributed by atoms with Crippen LogP contribution in [0, 0.1) is 0 Å². The molecule has 1 heterocycles. The summed E-state index contributed by atoms with van der Waals surface area (Å²) in [5.41, 5.74) is 2.57. The van der Waals surface area contributed by atoms with Crippen molar-refractivity contribution < 1.29 is 13.2 Å². The Hall–Kier alpha value is -3.97. The van der Waals surface area contributed by atoms with Crippen LogP contribution in [-0.2, 0) is 23.0 Å². The number of sulfonamides is 1. The van der Waals surface area contributed by atoms with E-state index >= 15 is 0 Å². The molecule has 0 aliphatic rings. The lowest BCUT2D eigenvalue weighted by Gasteiger charge is -2.25. The molecule has 4 aromatic rings. The number of benzene rings is 3. The number of rotatable bonds is 9. The van der Waals surface area contributed by atoms with E-state index in [1.807, 2.05) is 54.6 Å². The van der Waals surface area contributed by atoms with Crippen LogP contribution in [0.4, 0.5) is 5.69 Å². The van der Waals surface area contributed by atoms with Crippen LogP contribution in [0.25, 0.3) is 0 Å². The first-order valence-electron chi connectivity index (χ1n) is 10.9. The molecule has 3 aromatic carbocycles. The highest BCUT2D eigenvalue weighted by Crippen LogP contribution is 2.26. The number of pyridine rings is 1. The van der Waals surface area contributed by atoms with Crippen LogP contribution in [0.3, 0.4) is 0 Å². The number of para-hydroxylation sites is 1. The topological polar surface area (TPSA) is 79.4 Å². The summed E-state index contributed by atoms with van der Waals surface area (Å²) < 4.78 is 28.8. The van der Waals surface area contributed by atoms with Gasteiger partial charge < -0.3 is 5.32 Å². The molecule has 0 aliphatic heterocycles. The van der Waals surface area contributed by atoms with Crippen LogP contribution < -0.4 is 9.62 Å². The molecule has 0 fully saturated rings. The third kappa shape index (κ3) is 5.68. The maximum Gasteiger partial charge on any atom is 0.264 e. The van der Waals surface area contributed by atoms with Crippen LogP contribution in [0.5, 0.6) is 0 Å². The molecule has 0 radical (unpaired) electrons. The van der Waals surface area contributed by atoms with Gasteiger partial charge in [0.05, 0.1) is 17.1 Å². The summed E-state index contributed by atoms with van der Waals surface area (Å²) in [6, 6.07) is 30.1. The van der Waals surface area contributed by atoms with Gasteiger partial charge in [0.15, 0.2) is 0 Å². The minimum atomic E-state index is -3.93. The standard InChI is InChI=1S/C27H25N3O3S/c31-27(29-19-17-24-13-7-8-18-28-24)23-12-9-16-26(20-23)34(32,33)30(25-14-5-2-6-15-25)21-22-10-3-1-4-11-22/h1-16,18,20H,17,19,21H2,(H,29,31). The first-order valence-corrected chi connectivity index (χ1v) is 12.4. The van der Waals surface area contributed by atoms with Gasteiger partial charge in [-0.1, -0.05) is 60.7 Å². The molecular formula is C27H25N3O3S. The third-order valence-corrected chi connectivity index (χ3v) is 7.06. The molecule has 1 amide bonds. The molecule has 1 N–H and O–H groups in total.